The molecule has 2 rings (SSSR count). The molecule has 0 fully saturated rings. The van der Waals surface area contributed by atoms with Gasteiger partial charge in [0.05, 0.1) is 14.2 Å². The third-order valence-corrected chi connectivity index (χ3v) is 4.72. The molecule has 0 amide bonds. The molecule has 7 heteroatoms. The summed E-state index contributed by atoms with van der Waals surface area (Å²) < 4.78 is 37.9. The van der Waals surface area contributed by atoms with Crippen molar-refractivity contribution in [3.8, 4) is 11.5 Å². The van der Waals surface area contributed by atoms with Crippen molar-refractivity contribution < 1.29 is 17.9 Å². The Morgan fingerprint density at radius 1 is 0.957 bits per heavy atom. The number of anilines is 2. The van der Waals surface area contributed by atoms with E-state index in [4.69, 9.17) is 9.47 Å². The number of ether oxygens (including phenoxy) is 2. The fourth-order valence-electron chi connectivity index (χ4n) is 2.03. The number of benzene rings is 2. The third-order valence-electron chi connectivity index (χ3n) is 3.30. The van der Waals surface area contributed by atoms with Gasteiger partial charge in [-0.3, -0.25) is 4.72 Å². The van der Waals surface area contributed by atoms with Gasteiger partial charge in [0.2, 0.25) is 0 Å². The molecular formula is C16H20N2O4S. The fraction of sp³-hybridized carbons (Fsp3) is 0.250. The highest BCUT2D eigenvalue weighted by atomic mass is 32.2. The zero-order valence-electron chi connectivity index (χ0n) is 13.5. The second-order valence-electron chi connectivity index (χ2n) is 5.06. The molecule has 0 aliphatic carbocycles. The topological polar surface area (TPSA) is 67.9 Å². The Morgan fingerprint density at radius 2 is 1.61 bits per heavy atom. The average molecular weight is 336 g/mol. The molecule has 0 spiro atoms. The summed E-state index contributed by atoms with van der Waals surface area (Å²) in [7, 11) is 3.00. The van der Waals surface area contributed by atoms with Crippen LogP contribution in [0.15, 0.2) is 47.4 Å². The highest BCUT2D eigenvalue weighted by molar-refractivity contribution is 7.92. The van der Waals surface area contributed by atoms with E-state index in [1.807, 2.05) is 31.1 Å². The minimum absolute atomic E-state index is 0.0532. The van der Waals surface area contributed by atoms with Crippen LogP contribution in [-0.2, 0) is 10.0 Å². The Hall–Kier alpha value is -2.41. The van der Waals surface area contributed by atoms with Crippen molar-refractivity contribution in [3.05, 3.63) is 42.5 Å². The SMILES string of the molecule is COc1ccc(S(=O)(=O)Nc2ccc(N(C)C)cc2)c(OC)c1. The van der Waals surface area contributed by atoms with Gasteiger partial charge in [-0.25, -0.2) is 8.42 Å². The monoisotopic (exact) mass is 336 g/mol. The summed E-state index contributed by atoms with van der Waals surface area (Å²) in [6, 6.07) is 11.7. The van der Waals surface area contributed by atoms with E-state index in [1.54, 1.807) is 18.2 Å². The van der Waals surface area contributed by atoms with Crippen LogP contribution in [0.3, 0.4) is 0 Å². The summed E-state index contributed by atoms with van der Waals surface area (Å²) in [5.74, 6) is 0.748. The standard InChI is InChI=1S/C16H20N2O4S/c1-18(2)13-7-5-12(6-8-13)17-23(19,20)16-10-9-14(21-3)11-15(16)22-4/h5-11,17H,1-4H3. The number of hydrogen-bond donors (Lipinski definition) is 1. The van der Waals surface area contributed by atoms with Gasteiger partial charge in [-0.2, -0.15) is 0 Å². The van der Waals surface area contributed by atoms with E-state index in [0.717, 1.165) is 5.69 Å². The van der Waals surface area contributed by atoms with Crippen molar-refractivity contribution in [1.29, 1.82) is 0 Å². The first-order valence-corrected chi connectivity index (χ1v) is 8.38. The molecule has 0 unspecified atom stereocenters. The lowest BCUT2D eigenvalue weighted by atomic mass is 10.3. The van der Waals surface area contributed by atoms with Crippen LogP contribution in [0, 0.1) is 0 Å². The van der Waals surface area contributed by atoms with Crippen LogP contribution in [0.2, 0.25) is 0 Å². The van der Waals surface area contributed by atoms with E-state index in [1.165, 1.54) is 26.4 Å². The van der Waals surface area contributed by atoms with Crippen LogP contribution in [0.4, 0.5) is 11.4 Å². The number of nitrogens with zero attached hydrogens (tertiary/aromatic N) is 1. The Morgan fingerprint density at radius 3 is 2.13 bits per heavy atom. The molecule has 6 nitrogen and oxygen atoms in total. The van der Waals surface area contributed by atoms with E-state index in [9.17, 15) is 8.42 Å². The molecule has 1 N–H and O–H groups in total. The second-order valence-corrected chi connectivity index (χ2v) is 6.71. The first-order chi connectivity index (χ1) is 10.9. The van der Waals surface area contributed by atoms with Crippen LogP contribution >= 0.6 is 0 Å². The zero-order chi connectivity index (χ0) is 17.0. The predicted octanol–water partition coefficient (Wildman–Crippen LogP) is 2.57. The van der Waals surface area contributed by atoms with Gasteiger partial charge >= 0.3 is 0 Å². The van der Waals surface area contributed by atoms with Crippen molar-refractivity contribution in [2.24, 2.45) is 0 Å². The molecule has 0 radical (unpaired) electrons. The fourth-order valence-corrected chi connectivity index (χ4v) is 3.25. The Balaban J connectivity index is 2.31. The maximum Gasteiger partial charge on any atom is 0.265 e. The summed E-state index contributed by atoms with van der Waals surface area (Å²) in [4.78, 5) is 1.99. The lowest BCUT2D eigenvalue weighted by Gasteiger charge is -2.15. The minimum Gasteiger partial charge on any atom is -0.497 e. The average Bonchev–Trinajstić information content (AvgIpc) is 2.54. The predicted molar refractivity (Wildman–Crippen MR) is 91.1 cm³/mol. The summed E-state index contributed by atoms with van der Waals surface area (Å²) in [6.07, 6.45) is 0. The molecule has 23 heavy (non-hydrogen) atoms. The molecule has 0 saturated heterocycles. The molecule has 2 aromatic carbocycles. The second kappa shape index (κ2) is 6.78. The Bertz CT molecular complexity index is 771. The Labute approximate surface area is 136 Å². The first kappa shape index (κ1) is 17.0. The van der Waals surface area contributed by atoms with Gasteiger partial charge in [0.25, 0.3) is 10.0 Å². The summed E-state index contributed by atoms with van der Waals surface area (Å²) >= 11 is 0. The molecular weight excluding hydrogens is 316 g/mol. The maximum absolute atomic E-state index is 12.6. The van der Waals surface area contributed by atoms with E-state index in [2.05, 4.69) is 4.72 Å². The molecule has 0 heterocycles. The normalized spacial score (nSPS) is 11.0. The van der Waals surface area contributed by atoms with Gasteiger partial charge < -0.3 is 14.4 Å². The van der Waals surface area contributed by atoms with E-state index in [-0.39, 0.29) is 10.6 Å². The minimum atomic E-state index is -3.76. The summed E-state index contributed by atoms with van der Waals surface area (Å²) in [5, 5.41) is 0. The maximum atomic E-state index is 12.6. The highest BCUT2D eigenvalue weighted by Gasteiger charge is 2.20. The van der Waals surface area contributed by atoms with E-state index >= 15 is 0 Å². The van der Waals surface area contributed by atoms with Crippen molar-refractivity contribution in [2.45, 2.75) is 4.90 Å². The molecule has 0 aliphatic rings. The lowest BCUT2D eigenvalue weighted by molar-refractivity contribution is 0.386. The van der Waals surface area contributed by atoms with E-state index in [0.29, 0.717) is 11.4 Å². The summed E-state index contributed by atoms with van der Waals surface area (Å²) in [5.41, 5.74) is 1.46. The van der Waals surface area contributed by atoms with Crippen molar-refractivity contribution in [2.75, 3.05) is 37.9 Å². The van der Waals surface area contributed by atoms with E-state index < -0.39 is 10.0 Å². The first-order valence-electron chi connectivity index (χ1n) is 6.89. The van der Waals surface area contributed by atoms with Crippen molar-refractivity contribution >= 4 is 21.4 Å². The van der Waals surface area contributed by atoms with Gasteiger partial charge in [-0.05, 0) is 36.4 Å². The smallest absolute Gasteiger partial charge is 0.265 e. The van der Waals surface area contributed by atoms with Gasteiger partial charge in [0.1, 0.15) is 16.4 Å². The molecule has 2 aromatic rings. The lowest BCUT2D eigenvalue weighted by Crippen LogP contribution is -2.14. The van der Waals surface area contributed by atoms with Crippen molar-refractivity contribution in [3.63, 3.8) is 0 Å². The summed E-state index contributed by atoms with van der Waals surface area (Å²) in [6.45, 7) is 0. The van der Waals surface area contributed by atoms with Gasteiger partial charge in [0, 0.05) is 31.5 Å². The third kappa shape index (κ3) is 3.87. The highest BCUT2D eigenvalue weighted by Crippen LogP contribution is 2.30. The molecule has 0 bridgehead atoms. The van der Waals surface area contributed by atoms with Gasteiger partial charge in [-0.1, -0.05) is 0 Å². The van der Waals surface area contributed by atoms with Crippen LogP contribution in [-0.4, -0.2) is 36.7 Å². The molecule has 0 saturated carbocycles. The number of nitrogens with one attached hydrogen (secondary N) is 1. The van der Waals surface area contributed by atoms with Gasteiger partial charge in [-0.15, -0.1) is 0 Å². The molecule has 0 aliphatic heterocycles. The Kier molecular flexibility index (Phi) is 5.00. The van der Waals surface area contributed by atoms with Crippen molar-refractivity contribution in [1.82, 2.24) is 0 Å². The van der Waals surface area contributed by atoms with Crippen LogP contribution in [0.25, 0.3) is 0 Å². The van der Waals surface area contributed by atoms with Crippen LogP contribution in [0.1, 0.15) is 0 Å². The molecule has 0 atom stereocenters. The molecule has 124 valence electrons. The number of hydrogen-bond acceptors (Lipinski definition) is 5. The number of sulfonamides is 1. The number of rotatable bonds is 6. The van der Waals surface area contributed by atoms with Gasteiger partial charge in [0.15, 0.2) is 0 Å². The quantitative estimate of drug-likeness (QED) is 0.878. The number of methoxy groups -OCH3 is 2. The zero-order valence-corrected chi connectivity index (χ0v) is 14.3. The van der Waals surface area contributed by atoms with Crippen LogP contribution < -0.4 is 19.1 Å². The largest absolute Gasteiger partial charge is 0.497 e. The molecule has 0 aromatic heterocycles. The van der Waals surface area contributed by atoms with Crippen LogP contribution in [0.5, 0.6) is 11.5 Å².